The van der Waals surface area contributed by atoms with Crippen LogP contribution in [0.2, 0.25) is 0 Å². The molecule has 2 heterocycles. The van der Waals surface area contributed by atoms with Gasteiger partial charge in [-0.15, -0.1) is 0 Å². The third-order valence-electron chi connectivity index (χ3n) is 7.61. The van der Waals surface area contributed by atoms with Crippen molar-refractivity contribution in [2.75, 3.05) is 13.1 Å². The van der Waals surface area contributed by atoms with Crippen LogP contribution in [0.25, 0.3) is 0 Å². The molecule has 3 amide bonds. The molecule has 3 unspecified atom stereocenters. The average molecular weight is 431 g/mol. The molecule has 166 valence electrons. The standard InChI is InChI=1S/C27H30N2O3/c1-17-11-12-22-23(15-17)27(32)29(26(22)31)16-24-21-10-6-4-8-19(21)13-14-28(24)25(30)20-9-5-3-7-18(20)2/h4,6,8,10-12,15,18,20,24H,3,5,7,9,13-14,16H2,1-2H3. The molecule has 1 aliphatic carbocycles. The molecule has 0 N–H and O–H groups in total. The highest BCUT2D eigenvalue weighted by atomic mass is 16.2. The van der Waals surface area contributed by atoms with Crippen molar-refractivity contribution in [3.8, 4) is 0 Å². The zero-order valence-electron chi connectivity index (χ0n) is 18.8. The molecule has 5 heteroatoms. The lowest BCUT2D eigenvalue weighted by Gasteiger charge is -2.42. The van der Waals surface area contributed by atoms with Gasteiger partial charge in [0.05, 0.1) is 23.7 Å². The van der Waals surface area contributed by atoms with Gasteiger partial charge < -0.3 is 4.90 Å². The van der Waals surface area contributed by atoms with Gasteiger partial charge in [0.25, 0.3) is 11.8 Å². The second-order valence-electron chi connectivity index (χ2n) is 9.63. The molecule has 1 fully saturated rings. The summed E-state index contributed by atoms with van der Waals surface area (Å²) < 4.78 is 0. The molecule has 1 saturated carbocycles. The number of rotatable bonds is 3. The molecule has 32 heavy (non-hydrogen) atoms. The van der Waals surface area contributed by atoms with Crippen molar-refractivity contribution in [3.05, 3.63) is 70.3 Å². The van der Waals surface area contributed by atoms with Crippen LogP contribution in [-0.2, 0) is 11.2 Å². The van der Waals surface area contributed by atoms with Gasteiger partial charge in [0, 0.05) is 12.5 Å². The maximum atomic E-state index is 13.7. The van der Waals surface area contributed by atoms with Gasteiger partial charge in [-0.05, 0) is 55.4 Å². The molecule has 2 aromatic carbocycles. The van der Waals surface area contributed by atoms with E-state index in [4.69, 9.17) is 0 Å². The molecule has 2 aromatic rings. The Hall–Kier alpha value is -2.95. The van der Waals surface area contributed by atoms with Gasteiger partial charge in [0.1, 0.15) is 0 Å². The first-order valence-corrected chi connectivity index (χ1v) is 11.8. The number of benzene rings is 2. The summed E-state index contributed by atoms with van der Waals surface area (Å²) in [6.07, 6.45) is 5.10. The molecule has 5 nitrogen and oxygen atoms in total. The largest absolute Gasteiger partial charge is 0.333 e. The highest BCUT2D eigenvalue weighted by Crippen LogP contribution is 2.37. The number of amides is 3. The topological polar surface area (TPSA) is 57.7 Å². The molecular formula is C27H30N2O3. The van der Waals surface area contributed by atoms with E-state index in [1.54, 1.807) is 12.1 Å². The minimum absolute atomic E-state index is 0.0290. The lowest BCUT2D eigenvalue weighted by atomic mass is 9.78. The molecule has 0 spiro atoms. The normalized spacial score (nSPS) is 25.0. The van der Waals surface area contributed by atoms with Crippen molar-refractivity contribution >= 4 is 17.7 Å². The summed E-state index contributed by atoms with van der Waals surface area (Å²) in [5, 5.41) is 0. The fourth-order valence-electron chi connectivity index (χ4n) is 5.75. The van der Waals surface area contributed by atoms with E-state index in [1.807, 2.05) is 36.1 Å². The van der Waals surface area contributed by atoms with Crippen molar-refractivity contribution in [3.63, 3.8) is 0 Å². The van der Waals surface area contributed by atoms with E-state index in [2.05, 4.69) is 13.0 Å². The summed E-state index contributed by atoms with van der Waals surface area (Å²) in [5.41, 5.74) is 4.15. The zero-order chi connectivity index (χ0) is 22.4. The van der Waals surface area contributed by atoms with Crippen molar-refractivity contribution in [1.29, 1.82) is 0 Å². The van der Waals surface area contributed by atoms with E-state index in [-0.39, 0.29) is 36.2 Å². The first kappa shape index (κ1) is 20.9. The maximum absolute atomic E-state index is 13.7. The Morgan fingerprint density at radius 1 is 1.00 bits per heavy atom. The first-order chi connectivity index (χ1) is 15.5. The minimum atomic E-state index is -0.301. The van der Waals surface area contributed by atoms with E-state index in [0.29, 0.717) is 23.6 Å². The highest BCUT2D eigenvalue weighted by molar-refractivity contribution is 6.21. The van der Waals surface area contributed by atoms with E-state index in [0.717, 1.165) is 36.8 Å². The van der Waals surface area contributed by atoms with Gasteiger partial charge in [0.2, 0.25) is 5.91 Å². The SMILES string of the molecule is Cc1ccc2c(c1)C(=O)N(CC1c3ccccc3CCN1C(=O)C1CCCCC1C)C2=O. The lowest BCUT2D eigenvalue weighted by Crippen LogP contribution is -2.49. The number of fused-ring (bicyclic) bond motifs is 2. The van der Waals surface area contributed by atoms with Gasteiger partial charge in [-0.1, -0.05) is 55.7 Å². The Morgan fingerprint density at radius 2 is 1.75 bits per heavy atom. The van der Waals surface area contributed by atoms with Crippen LogP contribution in [0.5, 0.6) is 0 Å². The van der Waals surface area contributed by atoms with E-state index >= 15 is 0 Å². The van der Waals surface area contributed by atoms with E-state index in [9.17, 15) is 14.4 Å². The summed E-state index contributed by atoms with van der Waals surface area (Å²) in [7, 11) is 0. The van der Waals surface area contributed by atoms with Crippen LogP contribution >= 0.6 is 0 Å². The summed E-state index contributed by atoms with van der Waals surface area (Å²) in [4.78, 5) is 43.3. The van der Waals surface area contributed by atoms with Crippen LogP contribution in [-0.4, -0.2) is 40.6 Å². The van der Waals surface area contributed by atoms with E-state index in [1.165, 1.54) is 16.9 Å². The highest BCUT2D eigenvalue weighted by Gasteiger charge is 2.42. The molecule has 3 aliphatic rings. The van der Waals surface area contributed by atoms with Gasteiger partial charge >= 0.3 is 0 Å². The number of imide groups is 1. The fourth-order valence-corrected chi connectivity index (χ4v) is 5.75. The lowest BCUT2D eigenvalue weighted by molar-refractivity contribution is -0.141. The van der Waals surface area contributed by atoms with Crippen LogP contribution < -0.4 is 0 Å². The average Bonchev–Trinajstić information content (AvgIpc) is 3.03. The number of nitrogens with zero attached hydrogens (tertiary/aromatic N) is 2. The molecule has 0 bridgehead atoms. The predicted molar refractivity (Wildman–Crippen MR) is 122 cm³/mol. The van der Waals surface area contributed by atoms with Crippen molar-refractivity contribution in [2.45, 2.75) is 52.0 Å². The molecule has 0 radical (unpaired) electrons. The Balaban J connectivity index is 1.48. The van der Waals surface area contributed by atoms with Crippen LogP contribution in [0.15, 0.2) is 42.5 Å². The summed E-state index contributed by atoms with van der Waals surface area (Å²) in [6.45, 7) is 4.94. The third kappa shape index (κ3) is 3.44. The second kappa shape index (κ2) is 8.19. The number of carbonyl (C=O) groups is 3. The Bertz CT molecular complexity index is 1090. The number of hydrogen-bond acceptors (Lipinski definition) is 3. The van der Waals surface area contributed by atoms with E-state index < -0.39 is 0 Å². The molecule has 3 atom stereocenters. The van der Waals surface area contributed by atoms with Crippen LogP contribution in [0.4, 0.5) is 0 Å². The van der Waals surface area contributed by atoms with Gasteiger partial charge in [0.15, 0.2) is 0 Å². The Labute approximate surface area is 189 Å². The Kier molecular flexibility index (Phi) is 5.36. The monoisotopic (exact) mass is 430 g/mol. The van der Waals surface area contributed by atoms with Crippen molar-refractivity contribution in [1.82, 2.24) is 9.80 Å². The molecule has 0 saturated heterocycles. The molecule has 5 rings (SSSR count). The smallest absolute Gasteiger partial charge is 0.261 e. The molecular weight excluding hydrogens is 400 g/mol. The van der Waals surface area contributed by atoms with Crippen LogP contribution in [0, 0.1) is 18.8 Å². The Morgan fingerprint density at radius 3 is 2.56 bits per heavy atom. The van der Waals surface area contributed by atoms with Gasteiger partial charge in [-0.25, -0.2) is 0 Å². The summed E-state index contributed by atoms with van der Waals surface area (Å²) >= 11 is 0. The summed E-state index contributed by atoms with van der Waals surface area (Å²) in [6, 6.07) is 13.2. The molecule has 0 aromatic heterocycles. The number of aryl methyl sites for hydroxylation is 1. The predicted octanol–water partition coefficient (Wildman–Crippen LogP) is 4.54. The minimum Gasteiger partial charge on any atom is -0.333 e. The third-order valence-corrected chi connectivity index (χ3v) is 7.61. The fraction of sp³-hybridized carbons (Fsp3) is 0.444. The zero-order valence-corrected chi connectivity index (χ0v) is 18.8. The van der Waals surface area contributed by atoms with Crippen molar-refractivity contribution < 1.29 is 14.4 Å². The quantitative estimate of drug-likeness (QED) is 0.672. The number of hydrogen-bond donors (Lipinski definition) is 0. The van der Waals surface area contributed by atoms with Crippen molar-refractivity contribution in [2.24, 2.45) is 11.8 Å². The second-order valence-corrected chi connectivity index (χ2v) is 9.63. The van der Waals surface area contributed by atoms with Gasteiger partial charge in [-0.3, -0.25) is 19.3 Å². The maximum Gasteiger partial charge on any atom is 0.261 e. The number of carbonyl (C=O) groups excluding carboxylic acids is 3. The van der Waals surface area contributed by atoms with Crippen LogP contribution in [0.3, 0.4) is 0 Å². The van der Waals surface area contributed by atoms with Crippen LogP contribution in [0.1, 0.15) is 76.1 Å². The van der Waals surface area contributed by atoms with Gasteiger partial charge in [-0.2, -0.15) is 0 Å². The molecule has 2 aliphatic heterocycles. The summed E-state index contributed by atoms with van der Waals surface area (Å²) in [5.74, 6) is 0.0727. The first-order valence-electron chi connectivity index (χ1n) is 11.8.